The second kappa shape index (κ2) is 7.31. The van der Waals surface area contributed by atoms with Gasteiger partial charge in [-0.05, 0) is 33.2 Å². The number of methoxy groups -OCH3 is 1. The Labute approximate surface area is 106 Å². The zero-order chi connectivity index (χ0) is 12.7. The largest absolute Gasteiger partial charge is 0.389 e. The summed E-state index contributed by atoms with van der Waals surface area (Å²) in [5.74, 6) is 0. The molecule has 0 unspecified atom stereocenters. The van der Waals surface area contributed by atoms with Gasteiger partial charge in [0.2, 0.25) is 0 Å². The molecule has 4 heteroatoms. The molecular formula is C13H28N2O2. The maximum atomic E-state index is 9.77. The van der Waals surface area contributed by atoms with E-state index in [0.717, 1.165) is 45.8 Å². The van der Waals surface area contributed by atoms with Gasteiger partial charge in [-0.1, -0.05) is 0 Å². The van der Waals surface area contributed by atoms with Crippen LogP contribution in [0.4, 0.5) is 0 Å². The highest BCUT2D eigenvalue weighted by atomic mass is 16.5. The molecule has 1 rings (SSSR count). The first-order valence-electron chi connectivity index (χ1n) is 6.67. The van der Waals surface area contributed by atoms with E-state index in [0.29, 0.717) is 0 Å². The molecule has 4 nitrogen and oxygen atoms in total. The van der Waals surface area contributed by atoms with Crippen molar-refractivity contribution in [3.05, 3.63) is 0 Å². The lowest BCUT2D eigenvalue weighted by molar-refractivity contribution is 0.0174. The van der Waals surface area contributed by atoms with Crippen LogP contribution < -0.4 is 0 Å². The standard InChI is InChI=1S/C13H28N2O2/c1-13(2,16)12-15-9-7-14(8-10-15)6-4-5-11-17-3/h16H,4-12H2,1-3H3. The third-order valence-corrected chi connectivity index (χ3v) is 3.15. The van der Waals surface area contributed by atoms with Crippen molar-refractivity contribution >= 4 is 0 Å². The Morgan fingerprint density at radius 2 is 1.65 bits per heavy atom. The Hall–Kier alpha value is -0.160. The molecule has 1 aliphatic heterocycles. The maximum Gasteiger partial charge on any atom is 0.0718 e. The summed E-state index contributed by atoms with van der Waals surface area (Å²) >= 11 is 0. The average molecular weight is 244 g/mol. The number of β-amino-alcohol motifs (C(OH)–C–C–N with tert-alkyl or cyclic N) is 1. The minimum atomic E-state index is -0.569. The molecule has 0 aromatic rings. The third-order valence-electron chi connectivity index (χ3n) is 3.15. The summed E-state index contributed by atoms with van der Waals surface area (Å²) in [7, 11) is 1.76. The van der Waals surface area contributed by atoms with Crippen LogP contribution in [0.5, 0.6) is 0 Å². The van der Waals surface area contributed by atoms with Crippen LogP contribution in [0.15, 0.2) is 0 Å². The van der Waals surface area contributed by atoms with E-state index < -0.39 is 5.60 Å². The second-order valence-electron chi connectivity index (χ2n) is 5.63. The fraction of sp³-hybridized carbons (Fsp3) is 1.00. The first-order chi connectivity index (χ1) is 8.01. The Morgan fingerprint density at radius 1 is 1.06 bits per heavy atom. The molecular weight excluding hydrogens is 216 g/mol. The van der Waals surface area contributed by atoms with Gasteiger partial charge in [0.1, 0.15) is 0 Å². The van der Waals surface area contributed by atoms with Gasteiger partial charge >= 0.3 is 0 Å². The second-order valence-corrected chi connectivity index (χ2v) is 5.63. The van der Waals surface area contributed by atoms with Crippen molar-refractivity contribution in [2.45, 2.75) is 32.3 Å². The van der Waals surface area contributed by atoms with Crippen molar-refractivity contribution in [1.29, 1.82) is 0 Å². The summed E-state index contributed by atoms with van der Waals surface area (Å²) in [4.78, 5) is 4.86. The molecule has 0 aliphatic carbocycles. The SMILES string of the molecule is COCCCCN1CCN(CC(C)(C)O)CC1. The van der Waals surface area contributed by atoms with Gasteiger partial charge in [-0.15, -0.1) is 0 Å². The van der Waals surface area contributed by atoms with E-state index in [-0.39, 0.29) is 0 Å². The molecule has 102 valence electrons. The molecule has 0 aromatic carbocycles. The predicted molar refractivity (Wildman–Crippen MR) is 70.3 cm³/mol. The van der Waals surface area contributed by atoms with Crippen molar-refractivity contribution in [3.63, 3.8) is 0 Å². The van der Waals surface area contributed by atoms with E-state index in [4.69, 9.17) is 4.74 Å². The van der Waals surface area contributed by atoms with Gasteiger partial charge in [-0.3, -0.25) is 4.90 Å². The molecule has 0 radical (unpaired) electrons. The summed E-state index contributed by atoms with van der Waals surface area (Å²) in [5, 5.41) is 9.77. The van der Waals surface area contributed by atoms with Crippen LogP contribution in [0, 0.1) is 0 Å². The van der Waals surface area contributed by atoms with Crippen LogP contribution in [0.1, 0.15) is 26.7 Å². The monoisotopic (exact) mass is 244 g/mol. The molecule has 0 atom stereocenters. The van der Waals surface area contributed by atoms with Crippen molar-refractivity contribution in [2.75, 3.05) is 53.0 Å². The van der Waals surface area contributed by atoms with E-state index in [1.54, 1.807) is 7.11 Å². The summed E-state index contributed by atoms with van der Waals surface area (Å²) in [6.07, 6.45) is 2.37. The van der Waals surface area contributed by atoms with E-state index in [9.17, 15) is 5.11 Å². The molecule has 0 aromatic heterocycles. The fourth-order valence-corrected chi connectivity index (χ4v) is 2.30. The number of hydrogen-bond donors (Lipinski definition) is 1. The molecule has 1 saturated heterocycles. The molecule has 0 amide bonds. The number of unbranched alkanes of at least 4 members (excludes halogenated alkanes) is 1. The third kappa shape index (κ3) is 6.99. The summed E-state index contributed by atoms with van der Waals surface area (Å²) < 4.78 is 5.05. The van der Waals surface area contributed by atoms with Crippen LogP contribution in [0.25, 0.3) is 0 Å². The smallest absolute Gasteiger partial charge is 0.0718 e. The topological polar surface area (TPSA) is 35.9 Å². The number of ether oxygens (including phenoxy) is 1. The minimum Gasteiger partial charge on any atom is -0.389 e. The highest BCUT2D eigenvalue weighted by Gasteiger charge is 2.22. The Kier molecular flexibility index (Phi) is 6.41. The lowest BCUT2D eigenvalue weighted by Gasteiger charge is -2.37. The van der Waals surface area contributed by atoms with Gasteiger partial charge in [0.25, 0.3) is 0 Å². The lowest BCUT2D eigenvalue weighted by Crippen LogP contribution is -2.50. The maximum absolute atomic E-state index is 9.77. The van der Waals surface area contributed by atoms with Gasteiger partial charge in [-0.25, -0.2) is 0 Å². The first-order valence-corrected chi connectivity index (χ1v) is 6.67. The van der Waals surface area contributed by atoms with Crippen molar-refractivity contribution < 1.29 is 9.84 Å². The lowest BCUT2D eigenvalue weighted by atomic mass is 10.1. The van der Waals surface area contributed by atoms with Crippen molar-refractivity contribution in [1.82, 2.24) is 9.80 Å². The number of nitrogens with zero attached hydrogens (tertiary/aromatic N) is 2. The normalized spacial score (nSPS) is 19.8. The van der Waals surface area contributed by atoms with Crippen LogP contribution in [0.3, 0.4) is 0 Å². The van der Waals surface area contributed by atoms with E-state index in [2.05, 4.69) is 9.80 Å². The molecule has 17 heavy (non-hydrogen) atoms. The fourth-order valence-electron chi connectivity index (χ4n) is 2.30. The molecule has 1 aliphatic rings. The van der Waals surface area contributed by atoms with Gasteiger partial charge in [0.05, 0.1) is 5.60 Å². The van der Waals surface area contributed by atoms with Gasteiger partial charge in [0, 0.05) is 46.4 Å². The van der Waals surface area contributed by atoms with Gasteiger partial charge in [-0.2, -0.15) is 0 Å². The van der Waals surface area contributed by atoms with Crippen LogP contribution in [-0.4, -0.2) is 73.5 Å². The van der Waals surface area contributed by atoms with Gasteiger partial charge in [0.15, 0.2) is 0 Å². The summed E-state index contributed by atoms with van der Waals surface area (Å²) in [5.41, 5.74) is -0.569. The predicted octanol–water partition coefficient (Wildman–Crippen LogP) is 0.802. The van der Waals surface area contributed by atoms with Crippen LogP contribution >= 0.6 is 0 Å². The zero-order valence-electron chi connectivity index (χ0n) is 11.6. The minimum absolute atomic E-state index is 0.569. The number of rotatable bonds is 7. The average Bonchev–Trinajstić information content (AvgIpc) is 2.25. The van der Waals surface area contributed by atoms with Crippen LogP contribution in [-0.2, 0) is 4.74 Å². The van der Waals surface area contributed by atoms with E-state index >= 15 is 0 Å². The Morgan fingerprint density at radius 3 is 2.18 bits per heavy atom. The summed E-state index contributed by atoms with van der Waals surface area (Å²) in [6, 6.07) is 0. The van der Waals surface area contributed by atoms with Gasteiger partial charge < -0.3 is 14.7 Å². The summed E-state index contributed by atoms with van der Waals surface area (Å²) in [6.45, 7) is 11.0. The van der Waals surface area contributed by atoms with Crippen molar-refractivity contribution in [3.8, 4) is 0 Å². The molecule has 0 bridgehead atoms. The van der Waals surface area contributed by atoms with Crippen molar-refractivity contribution in [2.24, 2.45) is 0 Å². The number of aliphatic hydroxyl groups is 1. The number of piperazine rings is 1. The Bertz CT molecular complexity index is 196. The molecule has 0 saturated carbocycles. The highest BCUT2D eigenvalue weighted by Crippen LogP contribution is 2.09. The molecule has 1 fully saturated rings. The molecule has 1 N–H and O–H groups in total. The zero-order valence-corrected chi connectivity index (χ0v) is 11.6. The van der Waals surface area contributed by atoms with Crippen LogP contribution in [0.2, 0.25) is 0 Å². The highest BCUT2D eigenvalue weighted by molar-refractivity contribution is 4.77. The van der Waals surface area contributed by atoms with E-state index in [1.165, 1.54) is 13.0 Å². The Balaban J connectivity index is 2.09. The molecule has 0 spiro atoms. The quantitative estimate of drug-likeness (QED) is 0.672. The molecule has 1 heterocycles. The number of hydrogen-bond acceptors (Lipinski definition) is 4. The first kappa shape index (κ1) is 14.9. The van der Waals surface area contributed by atoms with E-state index in [1.807, 2.05) is 13.8 Å².